The Morgan fingerprint density at radius 2 is 2.05 bits per heavy atom. The van der Waals surface area contributed by atoms with Gasteiger partial charge >= 0.3 is 0 Å². The first-order valence-corrected chi connectivity index (χ1v) is 7.08. The monoisotopic (exact) mass is 291 g/mol. The number of nitrogens with one attached hydrogen (secondary N) is 1. The van der Waals surface area contributed by atoms with Crippen LogP contribution in [0, 0.1) is 0 Å². The van der Waals surface area contributed by atoms with Crippen molar-refractivity contribution in [2.45, 2.75) is 26.8 Å². The Kier molecular flexibility index (Phi) is 5.32. The quantitative estimate of drug-likeness (QED) is 0.883. The molecule has 0 spiro atoms. The van der Waals surface area contributed by atoms with E-state index in [4.69, 9.17) is 16.3 Å². The summed E-state index contributed by atoms with van der Waals surface area (Å²) in [6.45, 7) is 5.88. The molecule has 0 bridgehead atoms. The number of rotatable bonds is 6. The van der Waals surface area contributed by atoms with E-state index in [2.05, 4.69) is 35.2 Å². The lowest BCUT2D eigenvalue weighted by Gasteiger charge is -2.09. The van der Waals surface area contributed by atoms with Gasteiger partial charge in [0.15, 0.2) is 0 Å². The van der Waals surface area contributed by atoms with Crippen molar-refractivity contribution in [3.8, 4) is 11.6 Å². The number of aromatic nitrogens is 2. The Labute approximate surface area is 124 Å². The average Bonchev–Trinajstić information content (AvgIpc) is 2.45. The maximum atomic E-state index is 5.90. The molecule has 2 rings (SSSR count). The minimum absolute atomic E-state index is 0.544. The fraction of sp³-hybridized carbons (Fsp3) is 0.333. The summed E-state index contributed by atoms with van der Waals surface area (Å²) in [5, 5.41) is 3.84. The zero-order valence-corrected chi connectivity index (χ0v) is 12.4. The van der Waals surface area contributed by atoms with Gasteiger partial charge in [-0.3, -0.25) is 4.98 Å². The number of pyridine rings is 2. The van der Waals surface area contributed by atoms with Gasteiger partial charge in [0.25, 0.3) is 0 Å². The fourth-order valence-corrected chi connectivity index (χ4v) is 1.96. The second-order valence-electron chi connectivity index (χ2n) is 4.38. The van der Waals surface area contributed by atoms with Crippen LogP contribution in [0.5, 0.6) is 11.6 Å². The van der Waals surface area contributed by atoms with Crippen LogP contribution in [0.1, 0.15) is 25.1 Å². The van der Waals surface area contributed by atoms with Crippen LogP contribution >= 0.6 is 11.6 Å². The summed E-state index contributed by atoms with van der Waals surface area (Å²) in [6.07, 6.45) is 4.06. The van der Waals surface area contributed by atoms with Gasteiger partial charge in [-0.25, -0.2) is 4.98 Å². The third-order valence-corrected chi connectivity index (χ3v) is 2.96. The van der Waals surface area contributed by atoms with Crippen LogP contribution in [0.2, 0.25) is 5.02 Å². The van der Waals surface area contributed by atoms with Gasteiger partial charge in [-0.05, 0) is 24.6 Å². The van der Waals surface area contributed by atoms with Gasteiger partial charge < -0.3 is 10.1 Å². The van der Waals surface area contributed by atoms with Gasteiger partial charge in [0.05, 0.1) is 11.2 Å². The molecule has 0 unspecified atom stereocenters. The van der Waals surface area contributed by atoms with Crippen molar-refractivity contribution in [1.82, 2.24) is 15.3 Å². The Bertz CT molecular complexity index is 575. The van der Waals surface area contributed by atoms with Gasteiger partial charge in [-0.2, -0.15) is 0 Å². The molecule has 0 aliphatic rings. The number of aryl methyl sites for hydroxylation is 1. The first kappa shape index (κ1) is 14.8. The molecule has 0 fully saturated rings. The van der Waals surface area contributed by atoms with Crippen molar-refractivity contribution in [2.75, 3.05) is 6.54 Å². The highest BCUT2D eigenvalue weighted by Crippen LogP contribution is 2.23. The molecule has 2 aromatic heterocycles. The van der Waals surface area contributed by atoms with E-state index >= 15 is 0 Å². The summed E-state index contributed by atoms with van der Waals surface area (Å²) >= 11 is 5.90. The number of hydrogen-bond donors (Lipinski definition) is 1. The molecule has 0 aliphatic carbocycles. The van der Waals surface area contributed by atoms with Crippen molar-refractivity contribution in [2.24, 2.45) is 0 Å². The van der Waals surface area contributed by atoms with Crippen LogP contribution in [-0.4, -0.2) is 16.5 Å². The van der Waals surface area contributed by atoms with E-state index in [0.29, 0.717) is 16.7 Å². The van der Waals surface area contributed by atoms with E-state index in [9.17, 15) is 0 Å². The summed E-state index contributed by atoms with van der Waals surface area (Å²) in [4.78, 5) is 8.46. The summed E-state index contributed by atoms with van der Waals surface area (Å²) < 4.78 is 5.74. The average molecular weight is 292 g/mol. The molecule has 0 aromatic carbocycles. The van der Waals surface area contributed by atoms with E-state index in [-0.39, 0.29) is 0 Å². The lowest BCUT2D eigenvalue weighted by Crippen LogP contribution is -2.12. The van der Waals surface area contributed by atoms with Crippen LogP contribution in [0.3, 0.4) is 0 Å². The standard InChI is InChI=1S/C15H18ClN3O/c1-3-13-5-11(8-17-4-2)6-15(19-13)20-14-7-12(16)9-18-10-14/h5-7,9-10,17H,3-4,8H2,1-2H3. The molecule has 2 aromatic rings. The largest absolute Gasteiger partial charge is 0.437 e. The predicted molar refractivity (Wildman–Crippen MR) is 80.3 cm³/mol. The van der Waals surface area contributed by atoms with Crippen molar-refractivity contribution in [3.63, 3.8) is 0 Å². The Hall–Kier alpha value is -1.65. The molecular weight excluding hydrogens is 274 g/mol. The Morgan fingerprint density at radius 3 is 2.75 bits per heavy atom. The van der Waals surface area contributed by atoms with Gasteiger partial charge in [-0.15, -0.1) is 0 Å². The second-order valence-corrected chi connectivity index (χ2v) is 4.82. The normalized spacial score (nSPS) is 10.6. The number of ether oxygens (including phenoxy) is 1. The summed E-state index contributed by atoms with van der Waals surface area (Å²) in [5.41, 5.74) is 2.16. The molecule has 106 valence electrons. The molecule has 0 radical (unpaired) electrons. The van der Waals surface area contributed by atoms with Crippen molar-refractivity contribution < 1.29 is 4.74 Å². The minimum Gasteiger partial charge on any atom is -0.437 e. The molecule has 0 amide bonds. The maximum absolute atomic E-state index is 5.90. The zero-order valence-electron chi connectivity index (χ0n) is 11.7. The van der Waals surface area contributed by atoms with E-state index in [0.717, 1.165) is 30.8 Å². The van der Waals surface area contributed by atoms with Gasteiger partial charge in [0, 0.05) is 30.6 Å². The second kappa shape index (κ2) is 7.22. The number of hydrogen-bond acceptors (Lipinski definition) is 4. The van der Waals surface area contributed by atoms with E-state index in [1.165, 1.54) is 0 Å². The SMILES string of the molecule is CCNCc1cc(CC)nc(Oc2cncc(Cl)c2)c1. The molecule has 4 nitrogen and oxygen atoms in total. The molecular formula is C15H18ClN3O. The van der Waals surface area contributed by atoms with Crippen LogP contribution in [0.4, 0.5) is 0 Å². The lowest BCUT2D eigenvalue weighted by atomic mass is 10.2. The Balaban J connectivity index is 2.21. The van der Waals surface area contributed by atoms with Crippen molar-refractivity contribution in [1.29, 1.82) is 0 Å². The molecule has 1 N–H and O–H groups in total. The van der Waals surface area contributed by atoms with Crippen LogP contribution in [0.15, 0.2) is 30.6 Å². The van der Waals surface area contributed by atoms with Gasteiger partial charge in [0.2, 0.25) is 5.88 Å². The van der Waals surface area contributed by atoms with Crippen molar-refractivity contribution >= 4 is 11.6 Å². The van der Waals surface area contributed by atoms with Crippen LogP contribution in [0.25, 0.3) is 0 Å². The smallest absolute Gasteiger partial charge is 0.219 e. The highest BCUT2D eigenvalue weighted by molar-refractivity contribution is 6.30. The molecule has 0 atom stereocenters. The number of halogens is 1. The molecule has 0 saturated carbocycles. The summed E-state index contributed by atoms with van der Waals surface area (Å²) in [5.74, 6) is 1.16. The number of nitrogens with zero attached hydrogens (tertiary/aromatic N) is 2. The van der Waals surface area contributed by atoms with Crippen LogP contribution < -0.4 is 10.1 Å². The zero-order chi connectivity index (χ0) is 14.4. The van der Waals surface area contributed by atoms with Gasteiger partial charge in [-0.1, -0.05) is 25.4 Å². The fourth-order valence-electron chi connectivity index (χ4n) is 1.79. The summed E-state index contributed by atoms with van der Waals surface area (Å²) in [6, 6.07) is 5.74. The molecule has 5 heteroatoms. The molecule has 0 saturated heterocycles. The summed E-state index contributed by atoms with van der Waals surface area (Å²) in [7, 11) is 0. The molecule has 2 heterocycles. The predicted octanol–water partition coefficient (Wildman–Crippen LogP) is 3.59. The van der Waals surface area contributed by atoms with E-state index in [1.807, 2.05) is 6.07 Å². The first-order valence-electron chi connectivity index (χ1n) is 6.70. The third kappa shape index (κ3) is 4.18. The van der Waals surface area contributed by atoms with Gasteiger partial charge in [0.1, 0.15) is 5.75 Å². The van der Waals surface area contributed by atoms with E-state index < -0.39 is 0 Å². The first-order chi connectivity index (χ1) is 9.71. The third-order valence-electron chi connectivity index (χ3n) is 2.76. The van der Waals surface area contributed by atoms with Crippen LogP contribution in [-0.2, 0) is 13.0 Å². The maximum Gasteiger partial charge on any atom is 0.219 e. The molecule has 20 heavy (non-hydrogen) atoms. The Morgan fingerprint density at radius 1 is 1.20 bits per heavy atom. The molecule has 0 aliphatic heterocycles. The topological polar surface area (TPSA) is 47.0 Å². The van der Waals surface area contributed by atoms with Crippen molar-refractivity contribution in [3.05, 3.63) is 46.9 Å². The minimum atomic E-state index is 0.544. The lowest BCUT2D eigenvalue weighted by molar-refractivity contribution is 0.457. The highest BCUT2D eigenvalue weighted by atomic mass is 35.5. The van der Waals surface area contributed by atoms with E-state index in [1.54, 1.807) is 18.5 Å². The highest BCUT2D eigenvalue weighted by Gasteiger charge is 2.05.